The molecule has 108 valence electrons. The zero-order chi connectivity index (χ0) is 15.6. The van der Waals surface area contributed by atoms with Gasteiger partial charge in [-0.2, -0.15) is 5.26 Å². The third-order valence-electron chi connectivity index (χ3n) is 2.70. The summed E-state index contributed by atoms with van der Waals surface area (Å²) >= 11 is 3.29. The minimum absolute atomic E-state index is 0.0399. The van der Waals surface area contributed by atoms with Crippen LogP contribution in [0.25, 0.3) is 0 Å². The lowest BCUT2D eigenvalue weighted by atomic mass is 10.2. The van der Waals surface area contributed by atoms with Crippen LogP contribution >= 0.6 is 15.9 Å². The fourth-order valence-electron chi connectivity index (χ4n) is 1.76. The van der Waals surface area contributed by atoms with Crippen molar-refractivity contribution in [1.82, 2.24) is 0 Å². The molecule has 0 saturated heterocycles. The van der Waals surface area contributed by atoms with Crippen molar-refractivity contribution in [3.63, 3.8) is 0 Å². The number of anilines is 3. The first-order chi connectivity index (χ1) is 9.81. The lowest BCUT2D eigenvalue weighted by Gasteiger charge is -2.11. The molecule has 2 rings (SSSR count). The minimum atomic E-state index is -3.85. The van der Waals surface area contributed by atoms with E-state index in [1.54, 1.807) is 18.2 Å². The highest BCUT2D eigenvalue weighted by molar-refractivity contribution is 9.10. The van der Waals surface area contributed by atoms with Crippen LogP contribution in [0.5, 0.6) is 0 Å². The molecule has 0 saturated carbocycles. The largest absolute Gasteiger partial charge is 0.398 e. The molecule has 0 aromatic heterocycles. The molecule has 0 unspecified atom stereocenters. The van der Waals surface area contributed by atoms with Gasteiger partial charge in [0, 0.05) is 10.2 Å². The third-order valence-corrected chi connectivity index (χ3v) is 4.18. The summed E-state index contributed by atoms with van der Waals surface area (Å²) in [5.74, 6) is 0. The van der Waals surface area contributed by atoms with Gasteiger partial charge in [0.05, 0.1) is 16.9 Å². The number of hydrogen-bond acceptors (Lipinski definition) is 5. The quantitative estimate of drug-likeness (QED) is 0.719. The number of benzene rings is 2. The number of nitrogen functional groups attached to an aromatic ring is 1. The Bertz CT molecular complexity index is 844. The minimum Gasteiger partial charge on any atom is -0.398 e. The van der Waals surface area contributed by atoms with Crippen LogP contribution in [-0.4, -0.2) is 8.42 Å². The molecule has 0 aliphatic carbocycles. The van der Waals surface area contributed by atoms with E-state index in [0.29, 0.717) is 16.9 Å². The fourth-order valence-corrected chi connectivity index (χ4v) is 2.77. The summed E-state index contributed by atoms with van der Waals surface area (Å²) in [6.07, 6.45) is 0. The van der Waals surface area contributed by atoms with E-state index in [-0.39, 0.29) is 10.6 Å². The second-order valence-electron chi connectivity index (χ2n) is 4.22. The second-order valence-corrected chi connectivity index (χ2v) is 6.67. The molecule has 5 N–H and O–H groups in total. The summed E-state index contributed by atoms with van der Waals surface area (Å²) in [5, 5.41) is 17.2. The molecule has 2 aromatic carbocycles. The normalized spacial score (nSPS) is 10.9. The van der Waals surface area contributed by atoms with Gasteiger partial charge >= 0.3 is 0 Å². The first kappa shape index (κ1) is 15.3. The van der Waals surface area contributed by atoms with Crippen LogP contribution in [-0.2, 0) is 10.0 Å². The van der Waals surface area contributed by atoms with Crippen molar-refractivity contribution in [3.05, 3.63) is 46.4 Å². The maximum Gasteiger partial charge on any atom is 0.240 e. The molecular weight excluding hydrogens is 356 g/mol. The third kappa shape index (κ3) is 3.52. The Labute approximate surface area is 130 Å². The molecule has 0 heterocycles. The first-order valence-electron chi connectivity index (χ1n) is 5.70. The highest BCUT2D eigenvalue weighted by atomic mass is 79.9. The van der Waals surface area contributed by atoms with Gasteiger partial charge < -0.3 is 11.1 Å². The average Bonchev–Trinajstić information content (AvgIpc) is 2.39. The summed E-state index contributed by atoms with van der Waals surface area (Å²) < 4.78 is 23.4. The van der Waals surface area contributed by atoms with Crippen LogP contribution in [0.4, 0.5) is 17.1 Å². The van der Waals surface area contributed by atoms with Crippen LogP contribution in [0, 0.1) is 11.3 Å². The molecule has 0 spiro atoms. The van der Waals surface area contributed by atoms with Crippen molar-refractivity contribution in [2.75, 3.05) is 11.1 Å². The molecule has 0 radical (unpaired) electrons. The number of rotatable bonds is 3. The summed E-state index contributed by atoms with van der Waals surface area (Å²) in [6, 6.07) is 11.5. The van der Waals surface area contributed by atoms with Gasteiger partial charge in [-0.15, -0.1) is 0 Å². The van der Waals surface area contributed by atoms with E-state index in [4.69, 9.17) is 16.1 Å². The van der Waals surface area contributed by atoms with E-state index in [1.807, 2.05) is 0 Å². The lowest BCUT2D eigenvalue weighted by Crippen LogP contribution is -2.14. The van der Waals surface area contributed by atoms with Gasteiger partial charge in [0.25, 0.3) is 0 Å². The van der Waals surface area contributed by atoms with Crippen molar-refractivity contribution >= 4 is 43.0 Å². The van der Waals surface area contributed by atoms with E-state index < -0.39 is 10.0 Å². The Balaban J connectivity index is 2.38. The van der Waals surface area contributed by atoms with Crippen LogP contribution in [0.15, 0.2) is 45.8 Å². The molecular formula is C13H11BrN4O2S. The van der Waals surface area contributed by atoms with Gasteiger partial charge in [0.1, 0.15) is 11.0 Å². The van der Waals surface area contributed by atoms with Gasteiger partial charge in [0.2, 0.25) is 10.0 Å². The number of hydrogen-bond donors (Lipinski definition) is 3. The maximum absolute atomic E-state index is 11.3. The van der Waals surface area contributed by atoms with Crippen LogP contribution in [0.1, 0.15) is 5.56 Å². The number of nitrogens with one attached hydrogen (secondary N) is 1. The number of halogens is 1. The number of nitriles is 1. The predicted molar refractivity (Wildman–Crippen MR) is 84.4 cm³/mol. The Morgan fingerprint density at radius 3 is 2.48 bits per heavy atom. The Kier molecular flexibility index (Phi) is 4.18. The molecule has 0 amide bonds. The van der Waals surface area contributed by atoms with Crippen LogP contribution < -0.4 is 16.2 Å². The van der Waals surface area contributed by atoms with E-state index in [1.165, 1.54) is 18.2 Å². The molecule has 0 aliphatic heterocycles. The molecule has 2 aromatic rings. The van der Waals surface area contributed by atoms with Gasteiger partial charge in [0.15, 0.2) is 0 Å². The Hall–Kier alpha value is -2.08. The van der Waals surface area contributed by atoms with Crippen molar-refractivity contribution < 1.29 is 8.42 Å². The number of sulfonamides is 1. The molecule has 0 atom stereocenters. The van der Waals surface area contributed by atoms with Gasteiger partial charge in [-0.3, -0.25) is 0 Å². The zero-order valence-electron chi connectivity index (χ0n) is 10.7. The molecule has 0 fully saturated rings. The van der Waals surface area contributed by atoms with Crippen LogP contribution in [0.2, 0.25) is 0 Å². The molecule has 8 heteroatoms. The lowest BCUT2D eigenvalue weighted by molar-refractivity contribution is 0.598. The summed E-state index contributed by atoms with van der Waals surface area (Å²) in [5.41, 5.74) is 7.31. The summed E-state index contributed by atoms with van der Waals surface area (Å²) in [6.45, 7) is 0. The van der Waals surface area contributed by atoms with Gasteiger partial charge in [-0.1, -0.05) is 15.9 Å². The second kappa shape index (κ2) is 5.73. The summed E-state index contributed by atoms with van der Waals surface area (Å²) in [7, 11) is -3.85. The van der Waals surface area contributed by atoms with Crippen molar-refractivity contribution in [1.29, 1.82) is 5.26 Å². The van der Waals surface area contributed by atoms with Crippen molar-refractivity contribution in [3.8, 4) is 6.07 Å². The van der Waals surface area contributed by atoms with E-state index >= 15 is 0 Å². The van der Waals surface area contributed by atoms with E-state index in [2.05, 4.69) is 27.3 Å². The zero-order valence-corrected chi connectivity index (χ0v) is 13.1. The topological polar surface area (TPSA) is 122 Å². The number of nitrogens with zero attached hydrogens (tertiary/aromatic N) is 1. The smallest absolute Gasteiger partial charge is 0.240 e. The fraction of sp³-hybridized carbons (Fsp3) is 0. The van der Waals surface area contributed by atoms with Gasteiger partial charge in [-0.05, 0) is 36.4 Å². The Morgan fingerprint density at radius 1 is 1.19 bits per heavy atom. The highest BCUT2D eigenvalue weighted by Crippen LogP contribution is 2.27. The van der Waals surface area contributed by atoms with E-state index in [9.17, 15) is 8.42 Å². The molecule has 21 heavy (non-hydrogen) atoms. The Morgan fingerprint density at radius 2 is 1.90 bits per heavy atom. The molecule has 6 nitrogen and oxygen atoms in total. The van der Waals surface area contributed by atoms with Crippen molar-refractivity contribution in [2.45, 2.75) is 4.90 Å². The first-order valence-corrected chi connectivity index (χ1v) is 8.04. The summed E-state index contributed by atoms with van der Waals surface area (Å²) in [4.78, 5) is -0.135. The van der Waals surface area contributed by atoms with Gasteiger partial charge in [-0.25, -0.2) is 13.6 Å². The average molecular weight is 367 g/mol. The number of nitrogens with two attached hydrogens (primary N) is 2. The SMILES string of the molecule is N#Cc1cc(Br)ccc1Nc1ccc(S(N)(=O)=O)c(N)c1. The van der Waals surface area contributed by atoms with Crippen molar-refractivity contribution in [2.24, 2.45) is 5.14 Å². The number of primary sulfonamides is 1. The molecule has 0 bridgehead atoms. The monoisotopic (exact) mass is 366 g/mol. The van der Waals surface area contributed by atoms with Crippen LogP contribution in [0.3, 0.4) is 0 Å². The highest BCUT2D eigenvalue weighted by Gasteiger charge is 2.12. The molecule has 0 aliphatic rings. The maximum atomic E-state index is 11.3. The van der Waals surface area contributed by atoms with E-state index in [0.717, 1.165) is 4.47 Å². The predicted octanol–water partition coefficient (Wildman–Crippen LogP) is 2.29. The standard InChI is InChI=1S/C13H11BrN4O2S/c14-9-1-3-12(8(5-9)7-15)18-10-2-4-13(11(16)6-10)21(17,19)20/h1-6,18H,16H2,(H2,17,19,20).